The summed E-state index contributed by atoms with van der Waals surface area (Å²) in [4.78, 5) is 4.79. The summed E-state index contributed by atoms with van der Waals surface area (Å²) in [5.74, 6) is 0. The first-order valence-electron chi connectivity index (χ1n) is 6.55. The molecule has 0 amide bonds. The van der Waals surface area contributed by atoms with Crippen LogP contribution in [-0.2, 0) is 6.42 Å². The highest BCUT2D eigenvalue weighted by atomic mass is 14.8. The van der Waals surface area contributed by atoms with Gasteiger partial charge in [0.15, 0.2) is 0 Å². The Morgan fingerprint density at radius 1 is 0.737 bits per heavy atom. The lowest BCUT2D eigenvalue weighted by molar-refractivity contribution is 1.39. The smallest absolute Gasteiger partial charge is 0.0669 e. The molecule has 0 bridgehead atoms. The molecule has 3 aromatic rings. The molecule has 0 aromatic heterocycles. The van der Waals surface area contributed by atoms with E-state index >= 15 is 0 Å². The van der Waals surface area contributed by atoms with Gasteiger partial charge in [0.25, 0.3) is 0 Å². The van der Waals surface area contributed by atoms with E-state index in [-0.39, 0.29) is 0 Å². The van der Waals surface area contributed by atoms with Gasteiger partial charge >= 0.3 is 0 Å². The van der Waals surface area contributed by atoms with Crippen molar-refractivity contribution in [3.05, 3.63) is 77.9 Å². The second-order valence-electron chi connectivity index (χ2n) is 4.89. The van der Waals surface area contributed by atoms with Crippen LogP contribution in [0, 0.1) is 0 Å². The van der Waals surface area contributed by atoms with Gasteiger partial charge in [-0.1, -0.05) is 60.7 Å². The molecule has 19 heavy (non-hydrogen) atoms. The van der Waals surface area contributed by atoms with E-state index in [1.807, 2.05) is 6.07 Å². The van der Waals surface area contributed by atoms with Crippen molar-refractivity contribution in [3.63, 3.8) is 0 Å². The van der Waals surface area contributed by atoms with Crippen molar-refractivity contribution >= 4 is 22.2 Å². The monoisotopic (exact) mass is 243 g/mol. The lowest BCUT2D eigenvalue weighted by Crippen LogP contribution is -2.01. The third-order valence-corrected chi connectivity index (χ3v) is 3.71. The van der Waals surface area contributed by atoms with Crippen LogP contribution < -0.4 is 0 Å². The Labute approximate surface area is 112 Å². The van der Waals surface area contributed by atoms with Crippen molar-refractivity contribution in [2.75, 3.05) is 0 Å². The third-order valence-electron chi connectivity index (χ3n) is 3.71. The average Bonchev–Trinajstić information content (AvgIpc) is 2.90. The van der Waals surface area contributed by atoms with Gasteiger partial charge in [0.2, 0.25) is 0 Å². The van der Waals surface area contributed by atoms with Crippen molar-refractivity contribution in [1.82, 2.24) is 0 Å². The van der Waals surface area contributed by atoms with Gasteiger partial charge in [-0.3, -0.25) is 4.99 Å². The van der Waals surface area contributed by atoms with Crippen LogP contribution in [0.2, 0.25) is 0 Å². The second-order valence-corrected chi connectivity index (χ2v) is 4.89. The second kappa shape index (κ2) is 4.06. The molecule has 0 saturated carbocycles. The molecular formula is C18H13N. The highest BCUT2D eigenvalue weighted by Gasteiger charge is 2.16. The number of aliphatic imine (C=N–C) groups is 1. The summed E-state index contributed by atoms with van der Waals surface area (Å²) in [6.45, 7) is 0. The number of benzene rings is 3. The molecule has 90 valence electrons. The van der Waals surface area contributed by atoms with E-state index in [0.717, 1.165) is 12.1 Å². The Hall–Kier alpha value is -2.41. The quantitative estimate of drug-likeness (QED) is 0.596. The van der Waals surface area contributed by atoms with Crippen molar-refractivity contribution < 1.29 is 0 Å². The summed E-state index contributed by atoms with van der Waals surface area (Å²) in [6.07, 6.45) is 0.935. The molecular weight excluding hydrogens is 230 g/mol. The van der Waals surface area contributed by atoms with Crippen molar-refractivity contribution in [3.8, 4) is 0 Å². The molecule has 1 aliphatic rings. The molecule has 1 heterocycles. The van der Waals surface area contributed by atoms with Gasteiger partial charge in [0, 0.05) is 12.0 Å². The molecule has 0 saturated heterocycles. The maximum atomic E-state index is 4.79. The average molecular weight is 243 g/mol. The predicted octanol–water partition coefficient (Wildman–Crippen LogP) is 4.52. The molecule has 1 nitrogen and oxygen atoms in total. The maximum absolute atomic E-state index is 4.79. The molecule has 4 rings (SSSR count). The zero-order valence-corrected chi connectivity index (χ0v) is 10.5. The fourth-order valence-electron chi connectivity index (χ4n) is 2.77. The van der Waals surface area contributed by atoms with Crippen molar-refractivity contribution in [1.29, 1.82) is 0 Å². The van der Waals surface area contributed by atoms with E-state index in [2.05, 4.69) is 60.7 Å². The Kier molecular flexibility index (Phi) is 2.25. The molecule has 3 aromatic carbocycles. The Morgan fingerprint density at radius 2 is 1.53 bits per heavy atom. The number of hydrogen-bond acceptors (Lipinski definition) is 1. The first-order valence-corrected chi connectivity index (χ1v) is 6.55. The number of hydrogen-bond donors (Lipinski definition) is 0. The van der Waals surface area contributed by atoms with Crippen molar-refractivity contribution in [2.24, 2.45) is 4.99 Å². The number of para-hydroxylation sites is 1. The standard InChI is InChI=1S/C18H13N/c1-3-9-15-13(6-1)8-5-10-16(15)18-12-14-7-2-4-11-17(14)19-18/h1-11H,12H2. The third kappa shape index (κ3) is 1.66. The molecule has 0 unspecified atom stereocenters. The van der Waals surface area contributed by atoms with Crippen LogP contribution in [0.3, 0.4) is 0 Å². The Morgan fingerprint density at radius 3 is 2.47 bits per heavy atom. The van der Waals surface area contributed by atoms with Gasteiger partial charge in [0.05, 0.1) is 11.4 Å². The van der Waals surface area contributed by atoms with Crippen LogP contribution >= 0.6 is 0 Å². The number of nitrogens with zero attached hydrogens (tertiary/aromatic N) is 1. The SMILES string of the molecule is c1ccc2c(c1)CC(c1cccc3ccccc13)=N2. The summed E-state index contributed by atoms with van der Waals surface area (Å²) >= 11 is 0. The van der Waals surface area contributed by atoms with E-state index in [9.17, 15) is 0 Å². The molecule has 1 heteroatoms. The van der Waals surface area contributed by atoms with Crippen LogP contribution in [0.4, 0.5) is 5.69 Å². The van der Waals surface area contributed by atoms with Crippen LogP contribution in [0.1, 0.15) is 11.1 Å². The van der Waals surface area contributed by atoms with Gasteiger partial charge in [-0.25, -0.2) is 0 Å². The van der Waals surface area contributed by atoms with Crippen LogP contribution in [0.15, 0.2) is 71.7 Å². The zero-order chi connectivity index (χ0) is 12.7. The summed E-state index contributed by atoms with van der Waals surface area (Å²) < 4.78 is 0. The molecule has 1 aliphatic heterocycles. The molecule has 0 radical (unpaired) electrons. The first-order chi connectivity index (χ1) is 9.42. The fraction of sp³-hybridized carbons (Fsp3) is 0.0556. The minimum atomic E-state index is 0.935. The Balaban J connectivity index is 1.90. The molecule has 0 N–H and O–H groups in total. The van der Waals surface area contributed by atoms with E-state index < -0.39 is 0 Å². The van der Waals surface area contributed by atoms with Crippen molar-refractivity contribution in [2.45, 2.75) is 6.42 Å². The van der Waals surface area contributed by atoms with Gasteiger partial charge in [0.1, 0.15) is 0 Å². The maximum Gasteiger partial charge on any atom is 0.0669 e. The highest BCUT2D eigenvalue weighted by molar-refractivity contribution is 6.14. The van der Waals surface area contributed by atoms with E-state index in [1.165, 1.54) is 27.6 Å². The van der Waals surface area contributed by atoms with Gasteiger partial charge in [-0.15, -0.1) is 0 Å². The summed E-state index contributed by atoms with van der Waals surface area (Å²) in [6, 6.07) is 23.3. The summed E-state index contributed by atoms with van der Waals surface area (Å²) in [5, 5.41) is 2.57. The van der Waals surface area contributed by atoms with E-state index in [0.29, 0.717) is 0 Å². The molecule has 0 spiro atoms. The summed E-state index contributed by atoms with van der Waals surface area (Å²) in [7, 11) is 0. The number of rotatable bonds is 1. The van der Waals surface area contributed by atoms with E-state index in [1.54, 1.807) is 0 Å². The predicted molar refractivity (Wildman–Crippen MR) is 80.3 cm³/mol. The minimum absolute atomic E-state index is 0.935. The largest absolute Gasteiger partial charge is 0.252 e. The van der Waals surface area contributed by atoms with E-state index in [4.69, 9.17) is 4.99 Å². The first kappa shape index (κ1) is 10.5. The van der Waals surface area contributed by atoms with Gasteiger partial charge in [-0.2, -0.15) is 0 Å². The zero-order valence-electron chi connectivity index (χ0n) is 10.5. The topological polar surface area (TPSA) is 12.4 Å². The Bertz CT molecular complexity index is 794. The molecule has 0 aliphatic carbocycles. The normalized spacial score (nSPS) is 13.4. The number of fused-ring (bicyclic) bond motifs is 2. The summed E-state index contributed by atoms with van der Waals surface area (Å²) in [5.41, 5.74) is 4.88. The van der Waals surface area contributed by atoms with Crippen LogP contribution in [0.5, 0.6) is 0 Å². The minimum Gasteiger partial charge on any atom is -0.252 e. The lowest BCUT2D eigenvalue weighted by atomic mass is 9.98. The molecule has 0 atom stereocenters. The van der Waals surface area contributed by atoms with Gasteiger partial charge < -0.3 is 0 Å². The fourth-order valence-corrected chi connectivity index (χ4v) is 2.77. The lowest BCUT2D eigenvalue weighted by Gasteiger charge is -2.05. The molecule has 0 fully saturated rings. The highest BCUT2D eigenvalue weighted by Crippen LogP contribution is 2.30. The van der Waals surface area contributed by atoms with Crippen LogP contribution in [-0.4, -0.2) is 5.71 Å². The van der Waals surface area contributed by atoms with Crippen LogP contribution in [0.25, 0.3) is 10.8 Å². The van der Waals surface area contributed by atoms with Gasteiger partial charge in [-0.05, 0) is 22.4 Å².